The molecule has 5 heteroatoms. The first-order valence-electron chi connectivity index (χ1n) is 10.9. The molecule has 0 aliphatic carbocycles. The minimum atomic E-state index is -0.178. The van der Waals surface area contributed by atoms with E-state index in [1.165, 1.54) is 5.56 Å². The first-order chi connectivity index (χ1) is 14.4. The minimum Gasteiger partial charge on any atom is -0.349 e. The summed E-state index contributed by atoms with van der Waals surface area (Å²) in [7, 11) is 0. The predicted molar refractivity (Wildman–Crippen MR) is 121 cm³/mol. The van der Waals surface area contributed by atoms with E-state index >= 15 is 0 Å². The SMILES string of the molecule is CC(C)Cc1ccc([C@H](C)NC(=O)[C@H]2CCCN(C(=O)Nc3ccccc3)C2)cc1. The van der Waals surface area contributed by atoms with Crippen LogP contribution in [0.4, 0.5) is 10.5 Å². The molecule has 160 valence electrons. The third kappa shape index (κ3) is 6.09. The maximum atomic E-state index is 12.9. The molecule has 0 bridgehead atoms. The average molecular weight is 408 g/mol. The Labute approximate surface area is 179 Å². The highest BCUT2D eigenvalue weighted by atomic mass is 16.2. The number of para-hydroxylation sites is 1. The maximum absolute atomic E-state index is 12.9. The number of hydrogen-bond acceptors (Lipinski definition) is 2. The number of likely N-dealkylation sites (tertiary alicyclic amines) is 1. The fraction of sp³-hybridized carbons (Fsp3) is 0.440. The molecule has 1 heterocycles. The monoisotopic (exact) mass is 407 g/mol. The zero-order valence-electron chi connectivity index (χ0n) is 18.2. The molecule has 2 aromatic carbocycles. The van der Waals surface area contributed by atoms with E-state index in [0.717, 1.165) is 30.5 Å². The number of benzene rings is 2. The summed E-state index contributed by atoms with van der Waals surface area (Å²) in [4.78, 5) is 27.2. The van der Waals surface area contributed by atoms with Crippen LogP contribution in [0, 0.1) is 11.8 Å². The van der Waals surface area contributed by atoms with E-state index < -0.39 is 0 Å². The first-order valence-corrected chi connectivity index (χ1v) is 10.9. The number of anilines is 1. The standard InChI is InChI=1S/C25H33N3O2/c1-18(2)16-20-11-13-21(14-12-20)19(3)26-24(29)22-8-7-15-28(17-22)25(30)27-23-9-5-4-6-10-23/h4-6,9-14,18-19,22H,7-8,15-17H2,1-3H3,(H,26,29)(H,27,30)/t19-,22-/m0/s1. The summed E-state index contributed by atoms with van der Waals surface area (Å²) < 4.78 is 0. The molecule has 2 aromatic rings. The topological polar surface area (TPSA) is 61.4 Å². The van der Waals surface area contributed by atoms with E-state index in [1.807, 2.05) is 37.3 Å². The van der Waals surface area contributed by atoms with Gasteiger partial charge in [-0.25, -0.2) is 4.79 Å². The van der Waals surface area contributed by atoms with Crippen molar-refractivity contribution in [3.8, 4) is 0 Å². The van der Waals surface area contributed by atoms with Crippen LogP contribution in [0.5, 0.6) is 0 Å². The van der Waals surface area contributed by atoms with Gasteiger partial charge in [-0.2, -0.15) is 0 Å². The van der Waals surface area contributed by atoms with Crippen molar-refractivity contribution in [2.75, 3.05) is 18.4 Å². The van der Waals surface area contributed by atoms with Crippen molar-refractivity contribution >= 4 is 17.6 Å². The summed E-state index contributed by atoms with van der Waals surface area (Å²) >= 11 is 0. The second-order valence-electron chi connectivity index (χ2n) is 8.65. The number of amides is 3. The van der Waals surface area contributed by atoms with E-state index in [1.54, 1.807) is 4.90 Å². The van der Waals surface area contributed by atoms with Crippen LogP contribution in [0.3, 0.4) is 0 Å². The molecule has 3 rings (SSSR count). The molecule has 0 saturated carbocycles. The quantitative estimate of drug-likeness (QED) is 0.707. The second kappa shape index (κ2) is 10.3. The Balaban J connectivity index is 1.53. The number of rotatable bonds is 6. The van der Waals surface area contributed by atoms with Gasteiger partial charge in [0.05, 0.1) is 12.0 Å². The van der Waals surface area contributed by atoms with Crippen molar-refractivity contribution in [1.29, 1.82) is 0 Å². The summed E-state index contributed by atoms with van der Waals surface area (Å²) in [6.07, 6.45) is 2.70. The van der Waals surface area contributed by atoms with E-state index in [9.17, 15) is 9.59 Å². The van der Waals surface area contributed by atoms with Crippen molar-refractivity contribution in [2.24, 2.45) is 11.8 Å². The molecule has 1 aliphatic heterocycles. The van der Waals surface area contributed by atoms with Crippen LogP contribution in [-0.2, 0) is 11.2 Å². The number of hydrogen-bond donors (Lipinski definition) is 2. The Morgan fingerprint density at radius 3 is 2.40 bits per heavy atom. The largest absolute Gasteiger partial charge is 0.349 e. The number of carbonyl (C=O) groups is 2. The van der Waals surface area contributed by atoms with Crippen molar-refractivity contribution in [3.63, 3.8) is 0 Å². The Morgan fingerprint density at radius 2 is 1.73 bits per heavy atom. The number of piperidine rings is 1. The van der Waals surface area contributed by atoms with E-state index in [4.69, 9.17) is 0 Å². The Morgan fingerprint density at radius 1 is 1.03 bits per heavy atom. The molecular weight excluding hydrogens is 374 g/mol. The molecule has 0 spiro atoms. The smallest absolute Gasteiger partial charge is 0.321 e. The molecule has 1 fully saturated rings. The van der Waals surface area contributed by atoms with Gasteiger partial charge < -0.3 is 15.5 Å². The van der Waals surface area contributed by atoms with Crippen LogP contribution in [0.15, 0.2) is 54.6 Å². The van der Waals surface area contributed by atoms with Crippen molar-refractivity contribution in [3.05, 3.63) is 65.7 Å². The molecule has 0 unspecified atom stereocenters. The van der Waals surface area contributed by atoms with Gasteiger partial charge in [0, 0.05) is 18.8 Å². The Bertz CT molecular complexity index is 833. The van der Waals surface area contributed by atoms with Gasteiger partial charge in [-0.15, -0.1) is 0 Å². The van der Waals surface area contributed by atoms with Crippen LogP contribution >= 0.6 is 0 Å². The van der Waals surface area contributed by atoms with E-state index in [0.29, 0.717) is 19.0 Å². The van der Waals surface area contributed by atoms with Gasteiger partial charge in [0.2, 0.25) is 5.91 Å². The number of nitrogens with one attached hydrogen (secondary N) is 2. The van der Waals surface area contributed by atoms with Crippen LogP contribution in [0.1, 0.15) is 50.8 Å². The second-order valence-corrected chi connectivity index (χ2v) is 8.65. The normalized spacial score (nSPS) is 17.5. The highest BCUT2D eigenvalue weighted by molar-refractivity contribution is 5.90. The van der Waals surface area contributed by atoms with Gasteiger partial charge in [-0.3, -0.25) is 4.79 Å². The molecule has 1 saturated heterocycles. The number of carbonyl (C=O) groups excluding carboxylic acids is 2. The summed E-state index contributed by atoms with van der Waals surface area (Å²) in [6.45, 7) is 7.56. The number of urea groups is 1. The van der Waals surface area contributed by atoms with Gasteiger partial charge >= 0.3 is 6.03 Å². The first kappa shape index (κ1) is 21.9. The molecule has 0 radical (unpaired) electrons. The molecular formula is C25H33N3O2. The summed E-state index contributed by atoms with van der Waals surface area (Å²) in [6, 6.07) is 17.7. The lowest BCUT2D eigenvalue weighted by atomic mass is 9.96. The van der Waals surface area contributed by atoms with E-state index in [-0.39, 0.29) is 23.9 Å². The predicted octanol–water partition coefficient (Wildman–Crippen LogP) is 5.01. The lowest BCUT2D eigenvalue weighted by molar-refractivity contribution is -0.126. The number of nitrogens with zero attached hydrogens (tertiary/aromatic N) is 1. The van der Waals surface area contributed by atoms with Gasteiger partial charge in [0.1, 0.15) is 0 Å². The van der Waals surface area contributed by atoms with Crippen LogP contribution in [0.2, 0.25) is 0 Å². The molecule has 1 aliphatic rings. The maximum Gasteiger partial charge on any atom is 0.321 e. The zero-order valence-corrected chi connectivity index (χ0v) is 18.2. The molecule has 30 heavy (non-hydrogen) atoms. The Kier molecular flexibility index (Phi) is 7.50. The minimum absolute atomic E-state index is 0.0194. The summed E-state index contributed by atoms with van der Waals surface area (Å²) in [5, 5.41) is 6.05. The third-order valence-corrected chi connectivity index (χ3v) is 5.59. The van der Waals surface area contributed by atoms with Crippen molar-refractivity contribution < 1.29 is 9.59 Å². The highest BCUT2D eigenvalue weighted by Gasteiger charge is 2.29. The van der Waals surface area contributed by atoms with Gasteiger partial charge in [-0.05, 0) is 55.4 Å². The highest BCUT2D eigenvalue weighted by Crippen LogP contribution is 2.21. The van der Waals surface area contributed by atoms with Gasteiger partial charge in [-0.1, -0.05) is 56.3 Å². The fourth-order valence-electron chi connectivity index (χ4n) is 3.93. The summed E-state index contributed by atoms with van der Waals surface area (Å²) in [5.74, 6) is 0.468. The molecule has 2 N–H and O–H groups in total. The molecule has 5 nitrogen and oxygen atoms in total. The fourth-order valence-corrected chi connectivity index (χ4v) is 3.93. The lowest BCUT2D eigenvalue weighted by Crippen LogP contribution is -2.47. The molecule has 0 aromatic heterocycles. The van der Waals surface area contributed by atoms with Crippen molar-refractivity contribution in [2.45, 2.75) is 46.1 Å². The summed E-state index contributed by atoms with van der Waals surface area (Å²) in [5.41, 5.74) is 3.19. The Hall–Kier alpha value is -2.82. The lowest BCUT2D eigenvalue weighted by Gasteiger charge is -2.32. The average Bonchev–Trinajstić information content (AvgIpc) is 2.74. The van der Waals surface area contributed by atoms with E-state index in [2.05, 4.69) is 48.7 Å². The zero-order chi connectivity index (χ0) is 21.5. The van der Waals surface area contributed by atoms with Gasteiger partial charge in [0.25, 0.3) is 0 Å². The van der Waals surface area contributed by atoms with Crippen LogP contribution in [0.25, 0.3) is 0 Å². The van der Waals surface area contributed by atoms with Crippen LogP contribution < -0.4 is 10.6 Å². The molecule has 3 amide bonds. The van der Waals surface area contributed by atoms with Crippen LogP contribution in [-0.4, -0.2) is 29.9 Å². The van der Waals surface area contributed by atoms with Gasteiger partial charge in [0.15, 0.2) is 0 Å². The third-order valence-electron chi connectivity index (χ3n) is 5.59. The molecule has 2 atom stereocenters. The van der Waals surface area contributed by atoms with Crippen molar-refractivity contribution in [1.82, 2.24) is 10.2 Å².